The number of anilines is 1. The number of amides is 1. The number of carbonyl (C=O) groups excluding carboxylic acids is 1. The van der Waals surface area contributed by atoms with Crippen LogP contribution in [0, 0.1) is 15.9 Å². The largest absolute Gasteiger partial charge is 0.490 e. The fourth-order valence-corrected chi connectivity index (χ4v) is 2.67. The molecule has 0 spiro atoms. The maximum absolute atomic E-state index is 13.4. The molecule has 1 amide bonds. The van der Waals surface area contributed by atoms with Crippen LogP contribution in [0.2, 0.25) is 0 Å². The molecular weight excluding hydrogens is 343 g/mol. The number of halogens is 1. The Morgan fingerprint density at radius 3 is 2.88 bits per heavy atom. The number of carbonyl (C=O) groups is 1. The molecule has 0 bridgehead atoms. The second kappa shape index (κ2) is 7.92. The molecule has 2 aromatic rings. The Kier molecular flexibility index (Phi) is 5.43. The van der Waals surface area contributed by atoms with Gasteiger partial charge in [-0.3, -0.25) is 14.9 Å². The van der Waals surface area contributed by atoms with Crippen molar-refractivity contribution in [1.29, 1.82) is 0 Å². The van der Waals surface area contributed by atoms with Gasteiger partial charge >= 0.3 is 5.69 Å². The minimum absolute atomic E-state index is 0.00543. The average Bonchev–Trinajstić information content (AvgIpc) is 3.15. The fourth-order valence-electron chi connectivity index (χ4n) is 2.67. The Morgan fingerprint density at radius 2 is 2.15 bits per heavy atom. The predicted octanol–water partition coefficient (Wildman–Crippen LogP) is 3.54. The van der Waals surface area contributed by atoms with E-state index in [1.807, 2.05) is 0 Å². The van der Waals surface area contributed by atoms with Crippen LogP contribution in [0.3, 0.4) is 0 Å². The molecule has 7 nitrogen and oxygen atoms in total. The number of nitrogens with one attached hydrogen (secondary N) is 1. The van der Waals surface area contributed by atoms with Gasteiger partial charge in [0.2, 0.25) is 5.82 Å². The van der Waals surface area contributed by atoms with E-state index in [2.05, 4.69) is 5.32 Å². The summed E-state index contributed by atoms with van der Waals surface area (Å²) < 4.78 is 24.6. The van der Waals surface area contributed by atoms with Gasteiger partial charge in [0.1, 0.15) is 12.4 Å². The lowest BCUT2D eigenvalue weighted by molar-refractivity contribution is -0.387. The van der Waals surface area contributed by atoms with Gasteiger partial charge in [-0.2, -0.15) is 4.39 Å². The third-order valence-electron chi connectivity index (χ3n) is 3.98. The van der Waals surface area contributed by atoms with Crippen molar-refractivity contribution in [2.45, 2.75) is 18.9 Å². The van der Waals surface area contributed by atoms with Crippen molar-refractivity contribution in [2.75, 3.05) is 18.5 Å². The number of ether oxygens (including phenoxy) is 2. The molecule has 3 rings (SSSR count). The van der Waals surface area contributed by atoms with Crippen LogP contribution in [-0.4, -0.2) is 30.1 Å². The number of nitro benzene ring substituents is 1. The minimum atomic E-state index is -0.965. The molecule has 26 heavy (non-hydrogen) atoms. The SMILES string of the molecule is O=C(Nc1ccc(F)c([N+](=O)[O-])c1)c1ccccc1OCC1CCCO1. The maximum atomic E-state index is 13.4. The summed E-state index contributed by atoms with van der Waals surface area (Å²) in [6, 6.07) is 9.84. The zero-order valence-electron chi connectivity index (χ0n) is 13.8. The van der Waals surface area contributed by atoms with E-state index in [1.165, 1.54) is 6.07 Å². The first-order chi connectivity index (χ1) is 12.5. The molecule has 2 aromatic carbocycles. The van der Waals surface area contributed by atoms with E-state index in [0.717, 1.165) is 25.0 Å². The second-order valence-electron chi connectivity index (χ2n) is 5.82. The first-order valence-corrected chi connectivity index (χ1v) is 8.13. The number of hydrogen-bond acceptors (Lipinski definition) is 5. The number of para-hydroxylation sites is 1. The molecule has 1 unspecified atom stereocenters. The number of hydrogen-bond donors (Lipinski definition) is 1. The highest BCUT2D eigenvalue weighted by molar-refractivity contribution is 6.06. The zero-order chi connectivity index (χ0) is 18.5. The molecule has 1 N–H and O–H groups in total. The van der Waals surface area contributed by atoms with Gasteiger partial charge in [-0.15, -0.1) is 0 Å². The summed E-state index contributed by atoms with van der Waals surface area (Å²) in [6.45, 7) is 1.05. The molecule has 0 radical (unpaired) electrons. The number of nitro groups is 1. The Labute approximate surface area is 148 Å². The van der Waals surface area contributed by atoms with Crippen LogP contribution in [0.5, 0.6) is 5.75 Å². The van der Waals surface area contributed by atoms with Gasteiger partial charge in [0.15, 0.2) is 0 Å². The highest BCUT2D eigenvalue weighted by Gasteiger charge is 2.19. The molecule has 8 heteroatoms. The number of nitrogens with zero attached hydrogens (tertiary/aromatic N) is 1. The highest BCUT2D eigenvalue weighted by atomic mass is 19.1. The summed E-state index contributed by atoms with van der Waals surface area (Å²) in [5.74, 6) is -1.08. The lowest BCUT2D eigenvalue weighted by Crippen LogP contribution is -2.19. The van der Waals surface area contributed by atoms with E-state index in [4.69, 9.17) is 9.47 Å². The smallest absolute Gasteiger partial charge is 0.306 e. The zero-order valence-corrected chi connectivity index (χ0v) is 13.8. The van der Waals surface area contributed by atoms with E-state index in [-0.39, 0.29) is 17.4 Å². The summed E-state index contributed by atoms with van der Waals surface area (Å²) in [5, 5.41) is 13.3. The van der Waals surface area contributed by atoms with E-state index in [1.54, 1.807) is 24.3 Å². The Hall–Kier alpha value is -3.00. The third kappa shape index (κ3) is 4.15. The first kappa shape index (κ1) is 17.8. The Morgan fingerprint density at radius 1 is 1.35 bits per heavy atom. The van der Waals surface area contributed by atoms with Crippen molar-refractivity contribution in [3.8, 4) is 5.75 Å². The second-order valence-corrected chi connectivity index (χ2v) is 5.82. The lowest BCUT2D eigenvalue weighted by Gasteiger charge is -2.14. The summed E-state index contributed by atoms with van der Waals surface area (Å²) in [5.41, 5.74) is -0.305. The maximum Gasteiger partial charge on any atom is 0.306 e. The molecule has 0 aromatic heterocycles. The van der Waals surface area contributed by atoms with Crippen molar-refractivity contribution in [2.24, 2.45) is 0 Å². The molecule has 136 valence electrons. The topological polar surface area (TPSA) is 90.7 Å². The molecule has 1 aliphatic heterocycles. The van der Waals surface area contributed by atoms with Gasteiger partial charge in [-0.25, -0.2) is 0 Å². The summed E-state index contributed by atoms with van der Waals surface area (Å²) in [6.07, 6.45) is 1.90. The van der Waals surface area contributed by atoms with Crippen LogP contribution in [0.1, 0.15) is 23.2 Å². The van der Waals surface area contributed by atoms with Crippen molar-refractivity contribution >= 4 is 17.3 Å². The van der Waals surface area contributed by atoms with Gasteiger partial charge in [-0.05, 0) is 37.1 Å². The van der Waals surface area contributed by atoms with E-state index >= 15 is 0 Å². The minimum Gasteiger partial charge on any atom is -0.490 e. The summed E-state index contributed by atoms with van der Waals surface area (Å²) >= 11 is 0. The molecule has 0 saturated carbocycles. The van der Waals surface area contributed by atoms with Crippen LogP contribution in [-0.2, 0) is 4.74 Å². The molecule has 1 fully saturated rings. The molecule has 0 aliphatic carbocycles. The predicted molar refractivity (Wildman–Crippen MR) is 91.9 cm³/mol. The molecular formula is C18H17FN2O5. The molecule has 1 aliphatic rings. The van der Waals surface area contributed by atoms with Gasteiger partial charge in [-0.1, -0.05) is 12.1 Å². The Balaban J connectivity index is 1.73. The standard InChI is InChI=1S/C18H17FN2O5/c19-15-8-7-12(10-16(15)21(23)24)20-18(22)14-5-1-2-6-17(14)26-11-13-4-3-9-25-13/h1-2,5-8,10,13H,3-4,9,11H2,(H,20,22). The fraction of sp³-hybridized carbons (Fsp3) is 0.278. The molecule has 1 heterocycles. The molecule has 1 saturated heterocycles. The van der Waals surface area contributed by atoms with Gasteiger partial charge < -0.3 is 14.8 Å². The summed E-state index contributed by atoms with van der Waals surface area (Å²) in [7, 11) is 0. The van der Waals surface area contributed by atoms with Gasteiger partial charge in [0.05, 0.1) is 16.6 Å². The number of benzene rings is 2. The van der Waals surface area contributed by atoms with Crippen molar-refractivity contribution < 1.29 is 23.6 Å². The van der Waals surface area contributed by atoms with Crippen molar-refractivity contribution in [1.82, 2.24) is 0 Å². The van der Waals surface area contributed by atoms with Gasteiger partial charge in [0, 0.05) is 18.4 Å². The lowest BCUT2D eigenvalue weighted by atomic mass is 10.1. The van der Waals surface area contributed by atoms with Crippen LogP contribution < -0.4 is 10.1 Å². The molecule has 1 atom stereocenters. The third-order valence-corrected chi connectivity index (χ3v) is 3.98. The van der Waals surface area contributed by atoms with Crippen molar-refractivity contribution in [3.05, 3.63) is 64.0 Å². The van der Waals surface area contributed by atoms with Crippen molar-refractivity contribution in [3.63, 3.8) is 0 Å². The van der Waals surface area contributed by atoms with E-state index in [0.29, 0.717) is 19.0 Å². The van der Waals surface area contributed by atoms with E-state index < -0.39 is 22.3 Å². The quantitative estimate of drug-likeness (QED) is 0.628. The van der Waals surface area contributed by atoms with Crippen LogP contribution >= 0.6 is 0 Å². The van der Waals surface area contributed by atoms with Crippen LogP contribution in [0.25, 0.3) is 0 Å². The highest BCUT2D eigenvalue weighted by Crippen LogP contribution is 2.24. The van der Waals surface area contributed by atoms with Gasteiger partial charge in [0.25, 0.3) is 5.91 Å². The van der Waals surface area contributed by atoms with Crippen LogP contribution in [0.4, 0.5) is 15.8 Å². The normalized spacial score (nSPS) is 16.3. The Bertz CT molecular complexity index is 821. The number of rotatable bonds is 6. The van der Waals surface area contributed by atoms with Crippen LogP contribution in [0.15, 0.2) is 42.5 Å². The first-order valence-electron chi connectivity index (χ1n) is 8.13. The monoisotopic (exact) mass is 360 g/mol. The van der Waals surface area contributed by atoms with E-state index in [9.17, 15) is 19.3 Å². The average molecular weight is 360 g/mol. The summed E-state index contributed by atoms with van der Waals surface area (Å²) in [4.78, 5) is 22.5.